The number of aromatic nitrogens is 2. The van der Waals surface area contributed by atoms with Crippen LogP contribution in [0.1, 0.15) is 71.1 Å². The Labute approximate surface area is 204 Å². The lowest BCUT2D eigenvalue weighted by Crippen LogP contribution is -2.40. The number of hydrogen-bond donors (Lipinski definition) is 1. The van der Waals surface area contributed by atoms with Gasteiger partial charge in [-0.15, -0.1) is 0 Å². The quantitative estimate of drug-likeness (QED) is 0.239. The molecule has 0 fully saturated rings. The largest absolute Gasteiger partial charge is 0.417 e. The minimum absolute atomic E-state index is 0.203. The number of halogens is 1. The molecule has 0 bridgehead atoms. The van der Waals surface area contributed by atoms with Gasteiger partial charge in [0.25, 0.3) is 5.56 Å². The Hall–Kier alpha value is -1.21. The first-order valence-electron chi connectivity index (χ1n) is 11.4. The van der Waals surface area contributed by atoms with Gasteiger partial charge in [-0.3, -0.25) is 9.89 Å². The van der Waals surface area contributed by atoms with Crippen LogP contribution in [0.4, 0.5) is 0 Å². The van der Waals surface area contributed by atoms with E-state index in [1.807, 2.05) is 20.8 Å². The fourth-order valence-electron chi connectivity index (χ4n) is 3.18. The van der Waals surface area contributed by atoms with E-state index in [-0.39, 0.29) is 15.6 Å². The molecular formula is C25H39ClN2O2SSi. The van der Waals surface area contributed by atoms with E-state index in [2.05, 4.69) is 63.2 Å². The number of hydrogen-bond acceptors (Lipinski definition) is 3. The molecule has 0 aliphatic carbocycles. The van der Waals surface area contributed by atoms with Crippen LogP contribution in [-0.4, -0.2) is 24.7 Å². The van der Waals surface area contributed by atoms with Crippen molar-refractivity contribution in [1.82, 2.24) is 9.78 Å². The van der Waals surface area contributed by atoms with Gasteiger partial charge in [-0.2, -0.15) is 0 Å². The summed E-state index contributed by atoms with van der Waals surface area (Å²) in [5, 5.41) is 3.50. The Morgan fingerprint density at radius 1 is 1.03 bits per heavy atom. The number of H-pyrrole nitrogens is 1. The van der Waals surface area contributed by atoms with E-state index in [1.54, 1.807) is 0 Å². The Morgan fingerprint density at radius 3 is 2.12 bits per heavy atom. The van der Waals surface area contributed by atoms with Crippen LogP contribution in [0.15, 0.2) is 29.1 Å². The van der Waals surface area contributed by atoms with Crippen LogP contribution in [-0.2, 0) is 22.8 Å². The van der Waals surface area contributed by atoms with Gasteiger partial charge in [0.05, 0.1) is 5.54 Å². The highest BCUT2D eigenvalue weighted by Gasteiger charge is 2.36. The lowest BCUT2D eigenvalue weighted by molar-refractivity contribution is 0.279. The highest BCUT2D eigenvalue weighted by molar-refractivity contribution is 7.71. The van der Waals surface area contributed by atoms with Gasteiger partial charge in [-0.1, -0.05) is 68.9 Å². The molecule has 0 aliphatic rings. The van der Waals surface area contributed by atoms with Crippen molar-refractivity contribution in [2.75, 3.05) is 6.61 Å². The first-order valence-corrected chi connectivity index (χ1v) is 15.1. The summed E-state index contributed by atoms with van der Waals surface area (Å²) < 4.78 is 8.27. The van der Waals surface area contributed by atoms with Crippen LogP contribution in [0.3, 0.4) is 0 Å². The third-order valence-electron chi connectivity index (χ3n) is 6.35. The predicted octanol–water partition coefficient (Wildman–Crippen LogP) is 7.25. The maximum absolute atomic E-state index is 12.7. The van der Waals surface area contributed by atoms with Gasteiger partial charge in [0.2, 0.25) is 0 Å². The molecule has 0 amide bonds. The Kier molecular flexibility index (Phi) is 8.76. The zero-order valence-electron chi connectivity index (χ0n) is 20.9. The lowest BCUT2D eigenvalue weighted by Gasteiger charge is -2.36. The maximum atomic E-state index is 12.7. The third-order valence-corrected chi connectivity index (χ3v) is 11.6. The van der Waals surface area contributed by atoms with E-state index < -0.39 is 13.9 Å². The van der Waals surface area contributed by atoms with Crippen LogP contribution in [0.2, 0.25) is 23.2 Å². The van der Waals surface area contributed by atoms with Crippen LogP contribution in [0, 0.1) is 4.64 Å². The molecule has 0 atom stereocenters. The molecule has 0 aliphatic heterocycles. The van der Waals surface area contributed by atoms with Crippen LogP contribution in [0.5, 0.6) is 0 Å². The molecule has 0 saturated carbocycles. The van der Waals surface area contributed by atoms with Crippen molar-refractivity contribution >= 4 is 32.1 Å². The fraction of sp³-hybridized carbons (Fsp3) is 0.600. The average Bonchev–Trinajstić information content (AvgIpc) is 2.67. The first-order chi connectivity index (χ1) is 14.6. The van der Waals surface area contributed by atoms with Gasteiger partial charge in [0.1, 0.15) is 9.66 Å². The van der Waals surface area contributed by atoms with Gasteiger partial charge in [0, 0.05) is 18.6 Å². The van der Waals surface area contributed by atoms with Gasteiger partial charge < -0.3 is 4.43 Å². The van der Waals surface area contributed by atoms with E-state index in [1.165, 1.54) is 10.2 Å². The Morgan fingerprint density at radius 2 is 1.59 bits per heavy atom. The van der Waals surface area contributed by atoms with Gasteiger partial charge in [0.15, 0.2) is 8.32 Å². The highest BCUT2D eigenvalue weighted by Crippen LogP contribution is 2.36. The van der Waals surface area contributed by atoms with Crippen molar-refractivity contribution in [3.8, 4) is 0 Å². The smallest absolute Gasteiger partial charge is 0.284 e. The highest BCUT2D eigenvalue weighted by atomic mass is 35.5. The van der Waals surface area contributed by atoms with Gasteiger partial charge in [-0.05, 0) is 69.3 Å². The molecule has 0 unspecified atom stereocenters. The first kappa shape index (κ1) is 27.0. The minimum atomic E-state index is -1.65. The number of aromatic amines is 1. The summed E-state index contributed by atoms with van der Waals surface area (Å²) in [6, 6.07) is 8.51. The molecule has 1 N–H and O–H groups in total. The third kappa shape index (κ3) is 6.89. The lowest BCUT2D eigenvalue weighted by atomic mass is 10.0. The topological polar surface area (TPSA) is 47.0 Å². The maximum Gasteiger partial charge on any atom is 0.284 e. The minimum Gasteiger partial charge on any atom is -0.417 e. The number of nitrogens with zero attached hydrogens (tertiary/aromatic N) is 1. The Bertz CT molecular complexity index is 1030. The second-order valence-electron chi connectivity index (χ2n) is 11.1. The van der Waals surface area contributed by atoms with Crippen molar-refractivity contribution < 1.29 is 4.43 Å². The zero-order chi connectivity index (χ0) is 24.3. The number of benzene rings is 1. The van der Waals surface area contributed by atoms with Crippen molar-refractivity contribution in [2.45, 2.75) is 90.9 Å². The van der Waals surface area contributed by atoms with Crippen molar-refractivity contribution in [2.24, 2.45) is 0 Å². The molecule has 1 heterocycles. The van der Waals surface area contributed by atoms with Crippen LogP contribution < -0.4 is 5.56 Å². The molecule has 0 spiro atoms. The molecule has 178 valence electrons. The fourth-order valence-corrected chi connectivity index (χ4v) is 4.83. The molecule has 1 aromatic carbocycles. The standard InChI is InChI=1S/C25H39ClN2O2SSi/c1-24(2,3)28-23(29)21(26)20(22(31)27-28)17-19-14-12-18(13-15-19)11-9-10-16-30-32(7,8)25(4,5)6/h12-15H,9-11,16-17H2,1-8H3,(H,27,31). The average molecular weight is 495 g/mol. The van der Waals surface area contributed by atoms with Gasteiger partial charge >= 0.3 is 0 Å². The van der Waals surface area contributed by atoms with Crippen molar-refractivity contribution in [1.29, 1.82) is 0 Å². The second kappa shape index (κ2) is 10.4. The van der Waals surface area contributed by atoms with Gasteiger partial charge in [-0.25, -0.2) is 4.68 Å². The molecule has 1 aromatic heterocycles. The van der Waals surface area contributed by atoms with E-state index in [9.17, 15) is 4.79 Å². The molecule has 32 heavy (non-hydrogen) atoms. The number of rotatable bonds is 8. The molecule has 4 nitrogen and oxygen atoms in total. The van der Waals surface area contributed by atoms with E-state index in [4.69, 9.17) is 28.2 Å². The number of aryl methyl sites for hydroxylation is 1. The summed E-state index contributed by atoms with van der Waals surface area (Å²) in [5.74, 6) is 0. The van der Waals surface area contributed by atoms with Crippen LogP contribution >= 0.6 is 23.8 Å². The predicted molar refractivity (Wildman–Crippen MR) is 141 cm³/mol. The summed E-state index contributed by atoms with van der Waals surface area (Å²) in [5.41, 5.74) is 2.43. The monoisotopic (exact) mass is 494 g/mol. The number of nitrogens with one attached hydrogen (secondary N) is 1. The Balaban J connectivity index is 1.96. The van der Waals surface area contributed by atoms with E-state index >= 15 is 0 Å². The summed E-state index contributed by atoms with van der Waals surface area (Å²) in [6.07, 6.45) is 3.75. The van der Waals surface area contributed by atoms with Crippen molar-refractivity contribution in [3.63, 3.8) is 0 Å². The normalized spacial score (nSPS) is 12.9. The summed E-state index contributed by atoms with van der Waals surface area (Å²) in [6.45, 7) is 18.1. The number of unbranched alkanes of at least 4 members (excludes halogenated alkanes) is 1. The summed E-state index contributed by atoms with van der Waals surface area (Å²) in [4.78, 5) is 12.7. The molecule has 0 saturated heterocycles. The van der Waals surface area contributed by atoms with Crippen LogP contribution in [0.25, 0.3) is 0 Å². The summed E-state index contributed by atoms with van der Waals surface area (Å²) in [7, 11) is -1.65. The molecular weight excluding hydrogens is 456 g/mol. The summed E-state index contributed by atoms with van der Waals surface area (Å²) >= 11 is 11.9. The zero-order valence-corrected chi connectivity index (χ0v) is 23.5. The molecule has 2 rings (SSSR count). The van der Waals surface area contributed by atoms with Crippen molar-refractivity contribution in [3.05, 3.63) is 61.0 Å². The molecule has 7 heteroatoms. The molecule has 0 radical (unpaired) electrons. The second-order valence-corrected chi connectivity index (χ2v) is 16.7. The molecule has 2 aromatic rings. The van der Waals surface area contributed by atoms with E-state index in [0.29, 0.717) is 16.6 Å². The SMILES string of the molecule is CC(C)(C)n1[nH]c(=S)c(Cc2ccc(CCCCO[Si](C)(C)C(C)(C)C)cc2)c(Cl)c1=O. The van der Waals surface area contributed by atoms with E-state index in [0.717, 1.165) is 31.4 Å².